The van der Waals surface area contributed by atoms with Crippen molar-refractivity contribution in [2.75, 3.05) is 18.6 Å². The number of hydrogen-bond donors (Lipinski definition) is 1. The molecule has 0 aromatic rings. The maximum Gasteiger partial charge on any atom is 0.0244 e. The summed E-state index contributed by atoms with van der Waals surface area (Å²) in [6, 6.07) is 0.652. The summed E-state index contributed by atoms with van der Waals surface area (Å²) >= 11 is 0. The van der Waals surface area contributed by atoms with Crippen molar-refractivity contribution in [2.24, 2.45) is 16.7 Å². The van der Waals surface area contributed by atoms with Crippen LogP contribution in [-0.4, -0.2) is 28.8 Å². The Hall–Kier alpha value is 0.110. The standard InChI is InChI=1S/C14H27NOS/c1-13(2)11-6-7-14(3,10-11)12(13)15-8-5-9-17(4)16/h11-12,15H,5-10H2,1-4H3. The molecular formula is C14H27NOS. The molecule has 0 amide bonds. The molecule has 3 heteroatoms. The Balaban J connectivity index is 1.89. The first-order chi connectivity index (χ1) is 7.86. The van der Waals surface area contributed by atoms with Crippen LogP contribution in [0.1, 0.15) is 46.5 Å². The molecule has 0 aromatic carbocycles. The van der Waals surface area contributed by atoms with Crippen LogP contribution in [-0.2, 0) is 10.8 Å². The zero-order valence-corrected chi connectivity index (χ0v) is 12.5. The van der Waals surface area contributed by atoms with Crippen LogP contribution >= 0.6 is 0 Å². The molecule has 1 N–H and O–H groups in total. The molecular weight excluding hydrogens is 230 g/mol. The van der Waals surface area contributed by atoms with Crippen molar-refractivity contribution < 1.29 is 4.21 Å². The van der Waals surface area contributed by atoms with Crippen molar-refractivity contribution in [2.45, 2.75) is 52.5 Å². The van der Waals surface area contributed by atoms with Gasteiger partial charge in [0.25, 0.3) is 0 Å². The summed E-state index contributed by atoms with van der Waals surface area (Å²) in [5.41, 5.74) is 0.956. The zero-order valence-electron chi connectivity index (χ0n) is 11.7. The third-order valence-corrected chi connectivity index (χ3v) is 6.09. The van der Waals surface area contributed by atoms with Gasteiger partial charge in [-0.25, -0.2) is 0 Å². The minimum absolute atomic E-state index is 0.443. The smallest absolute Gasteiger partial charge is 0.0244 e. The molecule has 2 saturated carbocycles. The van der Waals surface area contributed by atoms with Crippen LogP contribution in [0.4, 0.5) is 0 Å². The molecule has 2 fully saturated rings. The van der Waals surface area contributed by atoms with E-state index in [0.717, 1.165) is 24.6 Å². The molecule has 2 aliphatic rings. The van der Waals surface area contributed by atoms with Crippen LogP contribution in [0.25, 0.3) is 0 Å². The van der Waals surface area contributed by atoms with Gasteiger partial charge in [-0.15, -0.1) is 0 Å². The lowest BCUT2D eigenvalue weighted by atomic mass is 9.68. The quantitative estimate of drug-likeness (QED) is 0.767. The molecule has 4 unspecified atom stereocenters. The molecule has 0 aliphatic heterocycles. The average molecular weight is 257 g/mol. The number of fused-ring (bicyclic) bond motifs is 2. The minimum Gasteiger partial charge on any atom is -0.313 e. The second-order valence-corrected chi connectivity index (χ2v) is 8.49. The Morgan fingerprint density at radius 2 is 2.06 bits per heavy atom. The Morgan fingerprint density at radius 3 is 2.59 bits per heavy atom. The normalized spacial score (nSPS) is 40.7. The van der Waals surface area contributed by atoms with Gasteiger partial charge in [0.05, 0.1) is 0 Å². The van der Waals surface area contributed by atoms with Gasteiger partial charge in [-0.05, 0) is 49.0 Å². The van der Waals surface area contributed by atoms with Crippen molar-refractivity contribution in [3.63, 3.8) is 0 Å². The first-order valence-electron chi connectivity index (χ1n) is 6.90. The fourth-order valence-corrected chi connectivity index (χ4v) is 4.88. The monoisotopic (exact) mass is 257 g/mol. The molecule has 2 nitrogen and oxygen atoms in total. The SMILES string of the molecule is CS(=O)CCCNC1C2(C)CCC(C2)C1(C)C. The number of nitrogens with one attached hydrogen (secondary N) is 1. The average Bonchev–Trinajstić information content (AvgIpc) is 2.67. The summed E-state index contributed by atoms with van der Waals surface area (Å²) < 4.78 is 11.0. The highest BCUT2D eigenvalue weighted by Gasteiger charge is 2.58. The number of rotatable bonds is 5. The molecule has 0 aromatic heterocycles. The second kappa shape index (κ2) is 4.65. The van der Waals surface area contributed by atoms with E-state index in [1.807, 2.05) is 0 Å². The van der Waals surface area contributed by atoms with Crippen LogP contribution in [0.15, 0.2) is 0 Å². The van der Waals surface area contributed by atoms with E-state index < -0.39 is 10.8 Å². The summed E-state index contributed by atoms with van der Waals surface area (Å²) in [5, 5.41) is 3.76. The van der Waals surface area contributed by atoms with Gasteiger partial charge >= 0.3 is 0 Å². The fourth-order valence-electron chi connectivity index (χ4n) is 4.33. The highest BCUT2D eigenvalue weighted by Crippen LogP contribution is 2.62. The molecule has 4 atom stereocenters. The van der Waals surface area contributed by atoms with Crippen LogP contribution in [0.2, 0.25) is 0 Å². The maximum absolute atomic E-state index is 11.0. The topological polar surface area (TPSA) is 29.1 Å². The van der Waals surface area contributed by atoms with E-state index in [9.17, 15) is 4.21 Å². The second-order valence-electron chi connectivity index (χ2n) is 6.93. The predicted molar refractivity (Wildman–Crippen MR) is 74.6 cm³/mol. The first kappa shape index (κ1) is 13.5. The Labute approximate surface area is 108 Å². The summed E-state index contributed by atoms with van der Waals surface area (Å²) in [4.78, 5) is 0. The highest BCUT2D eigenvalue weighted by atomic mass is 32.2. The van der Waals surface area contributed by atoms with Gasteiger partial charge in [-0.1, -0.05) is 20.8 Å². The third-order valence-electron chi connectivity index (χ3n) is 5.23. The van der Waals surface area contributed by atoms with Crippen molar-refractivity contribution >= 4 is 10.8 Å². The summed E-state index contributed by atoms with van der Waals surface area (Å²) in [7, 11) is -0.640. The van der Waals surface area contributed by atoms with Gasteiger partial charge in [0.15, 0.2) is 0 Å². The lowest BCUT2D eigenvalue weighted by Gasteiger charge is -2.43. The van der Waals surface area contributed by atoms with Crippen LogP contribution in [0.5, 0.6) is 0 Å². The predicted octanol–water partition coefficient (Wildman–Crippen LogP) is 2.56. The van der Waals surface area contributed by atoms with E-state index in [4.69, 9.17) is 0 Å². The van der Waals surface area contributed by atoms with Crippen molar-refractivity contribution in [1.29, 1.82) is 0 Å². The fraction of sp³-hybridized carbons (Fsp3) is 1.00. The summed E-state index contributed by atoms with van der Waals surface area (Å²) in [5.74, 6) is 1.74. The summed E-state index contributed by atoms with van der Waals surface area (Å²) in [6.07, 6.45) is 7.04. The molecule has 2 rings (SSSR count). The van der Waals surface area contributed by atoms with Crippen LogP contribution in [0, 0.1) is 16.7 Å². The van der Waals surface area contributed by atoms with Gasteiger partial charge in [0.2, 0.25) is 0 Å². The van der Waals surface area contributed by atoms with E-state index >= 15 is 0 Å². The van der Waals surface area contributed by atoms with E-state index in [2.05, 4.69) is 26.1 Å². The van der Waals surface area contributed by atoms with Crippen LogP contribution in [0.3, 0.4) is 0 Å². The largest absolute Gasteiger partial charge is 0.313 e. The Morgan fingerprint density at radius 1 is 1.35 bits per heavy atom. The van der Waals surface area contributed by atoms with Gasteiger partial charge < -0.3 is 5.32 Å². The lowest BCUT2D eigenvalue weighted by molar-refractivity contribution is 0.110. The molecule has 0 spiro atoms. The molecule has 2 aliphatic carbocycles. The van der Waals surface area contributed by atoms with E-state index in [-0.39, 0.29) is 0 Å². The van der Waals surface area contributed by atoms with E-state index in [1.165, 1.54) is 19.3 Å². The molecule has 2 bridgehead atoms. The minimum atomic E-state index is -0.640. The maximum atomic E-state index is 11.0. The molecule has 0 saturated heterocycles. The van der Waals surface area contributed by atoms with E-state index in [0.29, 0.717) is 16.9 Å². The third kappa shape index (κ3) is 2.46. The van der Waals surface area contributed by atoms with Crippen molar-refractivity contribution in [3.05, 3.63) is 0 Å². The summed E-state index contributed by atoms with van der Waals surface area (Å²) in [6.45, 7) is 8.34. The highest BCUT2D eigenvalue weighted by molar-refractivity contribution is 7.84. The molecule has 0 heterocycles. The number of hydrogen-bond acceptors (Lipinski definition) is 2. The zero-order chi connectivity index (χ0) is 12.7. The molecule has 100 valence electrons. The molecule has 17 heavy (non-hydrogen) atoms. The Kier molecular flexibility index (Phi) is 3.71. The molecule has 0 radical (unpaired) electrons. The van der Waals surface area contributed by atoms with E-state index in [1.54, 1.807) is 6.26 Å². The lowest BCUT2D eigenvalue weighted by Crippen LogP contribution is -2.50. The first-order valence-corrected chi connectivity index (χ1v) is 8.62. The van der Waals surface area contributed by atoms with Crippen molar-refractivity contribution in [3.8, 4) is 0 Å². The van der Waals surface area contributed by atoms with Gasteiger partial charge in [-0.3, -0.25) is 4.21 Å². The van der Waals surface area contributed by atoms with Gasteiger partial charge in [0.1, 0.15) is 0 Å². The van der Waals surface area contributed by atoms with Gasteiger partial charge in [0, 0.05) is 28.9 Å². The van der Waals surface area contributed by atoms with Crippen LogP contribution < -0.4 is 5.32 Å². The Bertz CT molecular complexity index is 311. The van der Waals surface area contributed by atoms with Gasteiger partial charge in [-0.2, -0.15) is 0 Å². The van der Waals surface area contributed by atoms with Crippen molar-refractivity contribution in [1.82, 2.24) is 5.32 Å².